The van der Waals surface area contributed by atoms with Crippen molar-refractivity contribution in [3.05, 3.63) is 36.0 Å². The van der Waals surface area contributed by atoms with Gasteiger partial charge < -0.3 is 0 Å². The fourth-order valence-electron chi connectivity index (χ4n) is 1.88. The summed E-state index contributed by atoms with van der Waals surface area (Å²) in [6.45, 7) is 2.20. The van der Waals surface area contributed by atoms with Crippen LogP contribution in [0.4, 0.5) is 0 Å². The molecular weight excluding hydrogens is 240 g/mol. The lowest BCUT2D eigenvalue weighted by molar-refractivity contribution is 0.778. The van der Waals surface area contributed by atoms with Crippen molar-refractivity contribution in [3.8, 4) is 6.07 Å². The number of nitriles is 1. The van der Waals surface area contributed by atoms with E-state index in [1.807, 2.05) is 24.3 Å². The summed E-state index contributed by atoms with van der Waals surface area (Å²) in [5, 5.41) is 10.3. The molecule has 3 heteroatoms. The number of benzene rings is 1. The van der Waals surface area contributed by atoms with E-state index in [4.69, 9.17) is 0 Å². The van der Waals surface area contributed by atoms with Gasteiger partial charge in [0.05, 0.1) is 11.1 Å². The van der Waals surface area contributed by atoms with Crippen LogP contribution in [-0.2, 0) is 0 Å². The van der Waals surface area contributed by atoms with Crippen LogP contribution in [0.5, 0.6) is 0 Å². The molecule has 0 radical (unpaired) electrons. The predicted molar refractivity (Wildman–Crippen MR) is 76.7 cm³/mol. The summed E-state index contributed by atoms with van der Waals surface area (Å²) >= 11 is 1.78. The monoisotopic (exact) mass is 256 g/mol. The van der Waals surface area contributed by atoms with E-state index in [1.54, 1.807) is 18.0 Å². The first-order valence-electron chi connectivity index (χ1n) is 6.27. The molecule has 1 aromatic heterocycles. The van der Waals surface area contributed by atoms with Gasteiger partial charge in [-0.1, -0.05) is 38.0 Å². The number of hydrogen-bond acceptors (Lipinski definition) is 3. The van der Waals surface area contributed by atoms with Crippen LogP contribution in [0.3, 0.4) is 0 Å². The number of nitrogens with zero attached hydrogens (tertiary/aromatic N) is 2. The molecule has 0 fully saturated rings. The molecule has 0 atom stereocenters. The van der Waals surface area contributed by atoms with Crippen LogP contribution in [0.1, 0.15) is 31.7 Å². The third-order valence-electron chi connectivity index (χ3n) is 2.84. The van der Waals surface area contributed by atoms with Crippen molar-refractivity contribution >= 4 is 22.7 Å². The van der Waals surface area contributed by atoms with Crippen molar-refractivity contribution in [3.63, 3.8) is 0 Å². The average molecular weight is 256 g/mol. The summed E-state index contributed by atoms with van der Waals surface area (Å²) < 4.78 is 0. The van der Waals surface area contributed by atoms with Crippen molar-refractivity contribution < 1.29 is 0 Å². The van der Waals surface area contributed by atoms with E-state index in [2.05, 4.69) is 18.0 Å². The van der Waals surface area contributed by atoms with Gasteiger partial charge in [0, 0.05) is 16.5 Å². The molecule has 0 N–H and O–H groups in total. The van der Waals surface area contributed by atoms with E-state index in [1.165, 1.54) is 19.3 Å². The van der Waals surface area contributed by atoms with Gasteiger partial charge in [-0.2, -0.15) is 5.26 Å². The quantitative estimate of drug-likeness (QED) is 0.588. The molecule has 0 saturated heterocycles. The first-order chi connectivity index (χ1) is 8.86. The Hall–Kier alpha value is -1.53. The summed E-state index contributed by atoms with van der Waals surface area (Å²) in [6.07, 6.45) is 5.35. The molecule has 2 rings (SSSR count). The third kappa shape index (κ3) is 2.83. The fraction of sp³-hybridized carbons (Fsp3) is 0.333. The number of hydrogen-bond donors (Lipinski definition) is 0. The predicted octanol–water partition coefficient (Wildman–Crippen LogP) is 4.39. The highest BCUT2D eigenvalue weighted by atomic mass is 32.2. The zero-order chi connectivity index (χ0) is 12.8. The van der Waals surface area contributed by atoms with Gasteiger partial charge in [-0.15, -0.1) is 11.8 Å². The fourth-order valence-corrected chi connectivity index (χ4v) is 3.01. The second kappa shape index (κ2) is 6.42. The number of rotatable bonds is 5. The van der Waals surface area contributed by atoms with Gasteiger partial charge in [-0.25, -0.2) is 0 Å². The van der Waals surface area contributed by atoms with E-state index in [-0.39, 0.29) is 0 Å². The number of pyridine rings is 1. The highest BCUT2D eigenvalue weighted by molar-refractivity contribution is 7.99. The molecule has 0 unspecified atom stereocenters. The normalized spacial score (nSPS) is 10.4. The van der Waals surface area contributed by atoms with Crippen molar-refractivity contribution in [2.45, 2.75) is 31.1 Å². The largest absolute Gasteiger partial charge is 0.255 e. The average Bonchev–Trinajstić information content (AvgIpc) is 2.43. The van der Waals surface area contributed by atoms with Crippen LogP contribution in [-0.4, -0.2) is 10.7 Å². The minimum atomic E-state index is 0.690. The molecule has 1 aromatic carbocycles. The Morgan fingerprint density at radius 3 is 2.89 bits per heavy atom. The number of para-hydroxylation sites is 1. The molecule has 0 aliphatic heterocycles. The van der Waals surface area contributed by atoms with Gasteiger partial charge in [0.2, 0.25) is 0 Å². The summed E-state index contributed by atoms with van der Waals surface area (Å²) in [5.41, 5.74) is 1.66. The molecule has 92 valence electrons. The van der Waals surface area contributed by atoms with Gasteiger partial charge in [0.1, 0.15) is 6.07 Å². The molecule has 2 aromatic rings. The first kappa shape index (κ1) is 12.9. The molecule has 0 amide bonds. The lowest BCUT2D eigenvalue weighted by atomic mass is 10.2. The van der Waals surface area contributed by atoms with Crippen LogP contribution in [0.25, 0.3) is 10.9 Å². The Bertz CT molecular complexity index is 572. The standard InChI is InChI=1S/C15H16N2S/c1-2-3-6-9-18-15-12(10-16)11-17-14-8-5-4-7-13(14)15/h4-5,7-8,11H,2-3,6,9H2,1H3. The van der Waals surface area contributed by atoms with E-state index in [9.17, 15) is 5.26 Å². The Kier molecular flexibility index (Phi) is 4.60. The summed E-state index contributed by atoms with van der Waals surface area (Å²) in [4.78, 5) is 5.40. The second-order valence-electron chi connectivity index (χ2n) is 4.19. The van der Waals surface area contributed by atoms with Gasteiger partial charge in [0.25, 0.3) is 0 Å². The van der Waals surface area contributed by atoms with E-state index >= 15 is 0 Å². The SMILES string of the molecule is CCCCCSc1c(C#N)cnc2ccccc12. The Morgan fingerprint density at radius 1 is 1.28 bits per heavy atom. The van der Waals surface area contributed by atoms with Crippen LogP contribution in [0, 0.1) is 11.3 Å². The second-order valence-corrected chi connectivity index (χ2v) is 5.29. The van der Waals surface area contributed by atoms with Crippen LogP contribution >= 0.6 is 11.8 Å². The van der Waals surface area contributed by atoms with Crippen molar-refractivity contribution in [2.75, 3.05) is 5.75 Å². The molecule has 0 bridgehead atoms. The van der Waals surface area contributed by atoms with Crippen LogP contribution in [0.15, 0.2) is 35.4 Å². The van der Waals surface area contributed by atoms with E-state index < -0.39 is 0 Å². The number of aromatic nitrogens is 1. The maximum Gasteiger partial charge on any atom is 0.102 e. The zero-order valence-electron chi connectivity index (χ0n) is 10.5. The number of thioether (sulfide) groups is 1. The molecule has 18 heavy (non-hydrogen) atoms. The highest BCUT2D eigenvalue weighted by Gasteiger charge is 2.08. The summed E-state index contributed by atoms with van der Waals surface area (Å²) in [6, 6.07) is 10.3. The zero-order valence-corrected chi connectivity index (χ0v) is 11.3. The Morgan fingerprint density at radius 2 is 2.11 bits per heavy atom. The van der Waals surface area contributed by atoms with Crippen LogP contribution < -0.4 is 0 Å². The molecule has 0 saturated carbocycles. The maximum absolute atomic E-state index is 9.18. The third-order valence-corrected chi connectivity index (χ3v) is 4.06. The molecule has 0 aliphatic carbocycles. The van der Waals surface area contributed by atoms with Crippen molar-refractivity contribution in [2.24, 2.45) is 0 Å². The number of fused-ring (bicyclic) bond motifs is 1. The summed E-state index contributed by atoms with van der Waals surface area (Å²) in [5.74, 6) is 1.07. The summed E-state index contributed by atoms with van der Waals surface area (Å²) in [7, 11) is 0. The van der Waals surface area contributed by atoms with Crippen LogP contribution in [0.2, 0.25) is 0 Å². The smallest absolute Gasteiger partial charge is 0.102 e. The molecule has 1 heterocycles. The van der Waals surface area contributed by atoms with Crippen molar-refractivity contribution in [1.29, 1.82) is 5.26 Å². The minimum Gasteiger partial charge on any atom is -0.255 e. The first-order valence-corrected chi connectivity index (χ1v) is 7.26. The lowest BCUT2D eigenvalue weighted by Gasteiger charge is -2.07. The Labute approximate surface area is 112 Å². The highest BCUT2D eigenvalue weighted by Crippen LogP contribution is 2.30. The molecule has 0 spiro atoms. The lowest BCUT2D eigenvalue weighted by Crippen LogP contribution is -1.89. The van der Waals surface area contributed by atoms with Gasteiger partial charge in [-0.05, 0) is 18.2 Å². The number of unbranched alkanes of at least 4 members (excludes halogenated alkanes) is 2. The van der Waals surface area contributed by atoms with Gasteiger partial charge in [-0.3, -0.25) is 4.98 Å². The Balaban J connectivity index is 2.30. The molecular formula is C15H16N2S. The van der Waals surface area contributed by atoms with Crippen molar-refractivity contribution in [1.82, 2.24) is 4.98 Å². The minimum absolute atomic E-state index is 0.690. The molecule has 0 aliphatic rings. The van der Waals surface area contributed by atoms with Gasteiger partial charge >= 0.3 is 0 Å². The topological polar surface area (TPSA) is 36.7 Å². The molecule has 2 nitrogen and oxygen atoms in total. The van der Waals surface area contributed by atoms with E-state index in [0.717, 1.165) is 21.6 Å². The van der Waals surface area contributed by atoms with Gasteiger partial charge in [0.15, 0.2) is 0 Å². The maximum atomic E-state index is 9.18. The van der Waals surface area contributed by atoms with E-state index in [0.29, 0.717) is 5.56 Å².